The molecule has 2 atom stereocenters. The molecule has 1 saturated carbocycles. The van der Waals surface area contributed by atoms with Crippen LogP contribution >= 0.6 is 11.3 Å². The molecule has 1 saturated heterocycles. The lowest BCUT2D eigenvalue weighted by Crippen LogP contribution is -2.29. The number of nitrogens with zero attached hydrogens (tertiary/aromatic N) is 2. The van der Waals surface area contributed by atoms with Crippen LogP contribution in [-0.2, 0) is 0 Å². The summed E-state index contributed by atoms with van der Waals surface area (Å²) in [6.07, 6.45) is 4.25. The van der Waals surface area contributed by atoms with Gasteiger partial charge in [0.15, 0.2) is 0 Å². The summed E-state index contributed by atoms with van der Waals surface area (Å²) < 4.78 is 0. The van der Waals surface area contributed by atoms with Gasteiger partial charge in [-0.2, -0.15) is 0 Å². The fraction of sp³-hybridized carbons (Fsp3) is 0.769. The lowest BCUT2D eigenvalue weighted by Gasteiger charge is -2.17. The molecule has 1 aromatic rings. The van der Waals surface area contributed by atoms with E-state index in [1.54, 1.807) is 11.3 Å². The predicted octanol–water partition coefficient (Wildman–Crippen LogP) is 2.28. The lowest BCUT2D eigenvalue weighted by molar-refractivity contribution is 0.310. The van der Waals surface area contributed by atoms with Gasteiger partial charge in [-0.05, 0) is 45.2 Å². The van der Waals surface area contributed by atoms with Gasteiger partial charge in [-0.15, -0.1) is 11.3 Å². The van der Waals surface area contributed by atoms with Gasteiger partial charge >= 0.3 is 0 Å². The first-order valence-electron chi connectivity index (χ1n) is 6.68. The molecule has 2 unspecified atom stereocenters. The summed E-state index contributed by atoms with van der Waals surface area (Å²) in [6, 6.07) is 1.34. The second-order valence-electron chi connectivity index (χ2n) is 5.42. The Morgan fingerprint density at radius 1 is 1.53 bits per heavy atom. The molecular weight excluding hydrogens is 230 g/mol. The SMILES string of the molecule is CC(NCC1CCN(C2CC2)C1)c1cscn1. The Bertz CT molecular complexity index is 348. The van der Waals surface area contributed by atoms with Crippen LogP contribution in [0.1, 0.15) is 37.9 Å². The first-order chi connectivity index (χ1) is 8.33. The summed E-state index contributed by atoms with van der Waals surface area (Å²) in [5.41, 5.74) is 3.10. The van der Waals surface area contributed by atoms with E-state index in [2.05, 4.69) is 27.5 Å². The first-order valence-corrected chi connectivity index (χ1v) is 7.62. The van der Waals surface area contributed by atoms with Gasteiger partial charge in [0.2, 0.25) is 0 Å². The van der Waals surface area contributed by atoms with Crippen molar-refractivity contribution in [2.24, 2.45) is 5.92 Å². The fourth-order valence-electron chi connectivity index (χ4n) is 2.68. The maximum atomic E-state index is 4.36. The van der Waals surface area contributed by atoms with Crippen molar-refractivity contribution in [2.45, 2.75) is 38.3 Å². The summed E-state index contributed by atoms with van der Waals surface area (Å²) in [4.78, 5) is 7.04. The van der Waals surface area contributed by atoms with E-state index in [-0.39, 0.29) is 0 Å². The van der Waals surface area contributed by atoms with E-state index in [0.717, 1.165) is 18.5 Å². The molecule has 4 heteroatoms. The second kappa shape index (κ2) is 5.04. The summed E-state index contributed by atoms with van der Waals surface area (Å²) in [6.45, 7) is 5.98. The summed E-state index contributed by atoms with van der Waals surface area (Å²) >= 11 is 1.68. The number of likely N-dealkylation sites (tertiary alicyclic amines) is 1. The van der Waals surface area contributed by atoms with Crippen molar-refractivity contribution in [3.05, 3.63) is 16.6 Å². The lowest BCUT2D eigenvalue weighted by atomic mass is 10.1. The van der Waals surface area contributed by atoms with Gasteiger partial charge in [0.1, 0.15) is 0 Å². The Balaban J connectivity index is 1.42. The Labute approximate surface area is 107 Å². The third-order valence-electron chi connectivity index (χ3n) is 3.99. The van der Waals surface area contributed by atoms with E-state index in [1.807, 2.05) is 5.51 Å². The predicted molar refractivity (Wildman–Crippen MR) is 71.2 cm³/mol. The van der Waals surface area contributed by atoms with E-state index < -0.39 is 0 Å². The monoisotopic (exact) mass is 251 g/mol. The standard InChI is InChI=1S/C13H21N3S/c1-10(13-8-17-9-15-13)14-6-11-4-5-16(7-11)12-2-3-12/h8-12,14H,2-7H2,1H3. The van der Waals surface area contributed by atoms with E-state index >= 15 is 0 Å². The highest BCUT2D eigenvalue weighted by atomic mass is 32.1. The normalized spacial score (nSPS) is 27.5. The molecule has 0 amide bonds. The van der Waals surface area contributed by atoms with Gasteiger partial charge in [-0.25, -0.2) is 4.98 Å². The summed E-state index contributed by atoms with van der Waals surface area (Å²) in [5, 5.41) is 5.77. The number of rotatable bonds is 5. The summed E-state index contributed by atoms with van der Waals surface area (Å²) in [7, 11) is 0. The molecule has 17 heavy (non-hydrogen) atoms. The first kappa shape index (κ1) is 11.6. The highest BCUT2D eigenvalue weighted by molar-refractivity contribution is 7.07. The van der Waals surface area contributed by atoms with Gasteiger partial charge in [0.25, 0.3) is 0 Å². The molecule has 1 aliphatic heterocycles. The number of hydrogen-bond donors (Lipinski definition) is 1. The van der Waals surface area contributed by atoms with E-state index in [1.165, 1.54) is 38.0 Å². The van der Waals surface area contributed by atoms with E-state index in [4.69, 9.17) is 0 Å². The van der Waals surface area contributed by atoms with Crippen LogP contribution in [0.3, 0.4) is 0 Å². The Morgan fingerprint density at radius 2 is 2.41 bits per heavy atom. The van der Waals surface area contributed by atoms with Crippen molar-refractivity contribution in [3.8, 4) is 0 Å². The van der Waals surface area contributed by atoms with Gasteiger partial charge < -0.3 is 10.2 Å². The Kier molecular flexibility index (Phi) is 3.45. The van der Waals surface area contributed by atoms with Crippen LogP contribution in [0.5, 0.6) is 0 Å². The molecule has 1 aliphatic carbocycles. The van der Waals surface area contributed by atoms with Crippen LogP contribution in [0.4, 0.5) is 0 Å². The van der Waals surface area contributed by atoms with Crippen molar-refractivity contribution >= 4 is 11.3 Å². The highest BCUT2D eigenvalue weighted by Gasteiger charge is 2.34. The zero-order chi connectivity index (χ0) is 11.7. The minimum absolute atomic E-state index is 0.399. The smallest absolute Gasteiger partial charge is 0.0795 e. The van der Waals surface area contributed by atoms with E-state index in [0.29, 0.717) is 6.04 Å². The largest absolute Gasteiger partial charge is 0.309 e. The topological polar surface area (TPSA) is 28.2 Å². The molecule has 0 radical (unpaired) electrons. The quantitative estimate of drug-likeness (QED) is 0.870. The fourth-order valence-corrected chi connectivity index (χ4v) is 3.33. The van der Waals surface area contributed by atoms with Gasteiger partial charge in [0, 0.05) is 24.0 Å². The maximum absolute atomic E-state index is 4.36. The molecule has 3 rings (SSSR count). The van der Waals surface area contributed by atoms with Crippen molar-refractivity contribution < 1.29 is 0 Å². The zero-order valence-electron chi connectivity index (χ0n) is 10.4. The second-order valence-corrected chi connectivity index (χ2v) is 6.14. The molecule has 2 fully saturated rings. The van der Waals surface area contributed by atoms with Crippen molar-refractivity contribution in [1.29, 1.82) is 0 Å². The molecule has 1 N–H and O–H groups in total. The van der Waals surface area contributed by atoms with E-state index in [9.17, 15) is 0 Å². The molecule has 0 bridgehead atoms. The minimum Gasteiger partial charge on any atom is -0.309 e. The number of thiazole rings is 1. The number of hydrogen-bond acceptors (Lipinski definition) is 4. The molecule has 94 valence electrons. The van der Waals surface area contributed by atoms with Crippen LogP contribution in [0.2, 0.25) is 0 Å². The average Bonchev–Trinajstić information content (AvgIpc) is 2.88. The molecule has 0 spiro atoms. The molecular formula is C13H21N3S. The highest BCUT2D eigenvalue weighted by Crippen LogP contribution is 2.31. The molecule has 0 aromatic carbocycles. The minimum atomic E-state index is 0.399. The number of nitrogens with one attached hydrogen (secondary N) is 1. The molecule has 3 nitrogen and oxygen atoms in total. The van der Waals surface area contributed by atoms with Gasteiger partial charge in [-0.1, -0.05) is 0 Å². The Morgan fingerprint density at radius 3 is 3.12 bits per heavy atom. The number of aromatic nitrogens is 1. The average molecular weight is 251 g/mol. The van der Waals surface area contributed by atoms with Crippen LogP contribution in [0.25, 0.3) is 0 Å². The van der Waals surface area contributed by atoms with Crippen molar-refractivity contribution in [3.63, 3.8) is 0 Å². The molecule has 2 heterocycles. The van der Waals surface area contributed by atoms with Gasteiger partial charge in [-0.3, -0.25) is 0 Å². The van der Waals surface area contributed by atoms with Crippen LogP contribution in [0, 0.1) is 5.92 Å². The van der Waals surface area contributed by atoms with Crippen molar-refractivity contribution in [1.82, 2.24) is 15.2 Å². The maximum Gasteiger partial charge on any atom is 0.0795 e. The van der Waals surface area contributed by atoms with Crippen LogP contribution in [0.15, 0.2) is 10.9 Å². The summed E-state index contributed by atoms with van der Waals surface area (Å²) in [5.74, 6) is 0.844. The van der Waals surface area contributed by atoms with Crippen molar-refractivity contribution in [2.75, 3.05) is 19.6 Å². The zero-order valence-corrected chi connectivity index (χ0v) is 11.2. The Hall–Kier alpha value is -0.450. The third-order valence-corrected chi connectivity index (χ3v) is 4.59. The van der Waals surface area contributed by atoms with Gasteiger partial charge in [0.05, 0.1) is 11.2 Å². The molecule has 2 aliphatic rings. The molecule has 1 aromatic heterocycles. The van der Waals surface area contributed by atoms with Crippen LogP contribution in [-0.4, -0.2) is 35.6 Å². The van der Waals surface area contributed by atoms with Crippen LogP contribution < -0.4 is 5.32 Å². The third kappa shape index (κ3) is 2.87.